The van der Waals surface area contributed by atoms with Crippen molar-refractivity contribution in [2.45, 2.75) is 19.8 Å². The Balaban J connectivity index is 1.62. The van der Waals surface area contributed by atoms with Crippen LogP contribution in [0.25, 0.3) is 22.3 Å². The van der Waals surface area contributed by atoms with E-state index in [1.165, 1.54) is 4.90 Å². The van der Waals surface area contributed by atoms with Gasteiger partial charge >= 0.3 is 6.03 Å². The van der Waals surface area contributed by atoms with Crippen LogP contribution in [0.1, 0.15) is 29.3 Å². The van der Waals surface area contributed by atoms with E-state index in [0.29, 0.717) is 23.0 Å². The molecule has 1 aliphatic heterocycles. The Morgan fingerprint density at radius 3 is 2.42 bits per heavy atom. The predicted octanol–water partition coefficient (Wildman–Crippen LogP) is 3.49. The molecule has 0 radical (unpaired) electrons. The van der Waals surface area contributed by atoms with E-state index in [0.717, 1.165) is 40.7 Å². The molecule has 8 heteroatoms. The number of benzene rings is 1. The average molecular weight is 417 g/mol. The molecule has 3 aromatic rings. The molecule has 0 bridgehead atoms. The summed E-state index contributed by atoms with van der Waals surface area (Å²) in [5.41, 5.74) is 10.5. The highest BCUT2D eigenvalue weighted by Gasteiger charge is 2.22. The van der Waals surface area contributed by atoms with Gasteiger partial charge < -0.3 is 5.73 Å². The molecule has 3 N–H and O–H groups in total. The minimum atomic E-state index is -0.491. The lowest BCUT2D eigenvalue weighted by Crippen LogP contribution is -2.40. The molecule has 2 aromatic heterocycles. The van der Waals surface area contributed by atoms with Crippen molar-refractivity contribution in [3.63, 3.8) is 0 Å². The molecule has 1 aromatic carbocycles. The van der Waals surface area contributed by atoms with E-state index in [-0.39, 0.29) is 6.54 Å². The van der Waals surface area contributed by atoms with Gasteiger partial charge in [0.2, 0.25) is 0 Å². The molecule has 3 amide bonds. The molecule has 8 nitrogen and oxygen atoms in total. The molecule has 0 saturated carbocycles. The minimum absolute atomic E-state index is 0.221. The van der Waals surface area contributed by atoms with Crippen molar-refractivity contribution in [3.8, 4) is 22.3 Å². The van der Waals surface area contributed by atoms with Crippen LogP contribution < -0.4 is 10.6 Å². The highest BCUT2D eigenvalue weighted by atomic mass is 16.5. The van der Waals surface area contributed by atoms with E-state index >= 15 is 0 Å². The molecule has 3 heterocycles. The van der Waals surface area contributed by atoms with Gasteiger partial charge in [-0.2, -0.15) is 0 Å². The molecule has 0 aliphatic carbocycles. The van der Waals surface area contributed by atoms with Crippen LogP contribution in [0.5, 0.6) is 0 Å². The zero-order valence-corrected chi connectivity index (χ0v) is 17.2. The number of rotatable bonds is 4. The summed E-state index contributed by atoms with van der Waals surface area (Å²) in [5, 5.41) is 10.3. The summed E-state index contributed by atoms with van der Waals surface area (Å²) in [6.45, 7) is 2.50. The van der Waals surface area contributed by atoms with Crippen LogP contribution in [0.4, 0.5) is 10.6 Å². The lowest BCUT2D eigenvalue weighted by molar-refractivity contribution is -0.0541. The first kappa shape index (κ1) is 20.5. The Hall–Kier alpha value is -3.78. The second-order valence-electron chi connectivity index (χ2n) is 7.36. The van der Waals surface area contributed by atoms with Gasteiger partial charge in [-0.25, -0.2) is 14.8 Å². The van der Waals surface area contributed by atoms with Crippen molar-refractivity contribution in [1.82, 2.24) is 15.0 Å². The summed E-state index contributed by atoms with van der Waals surface area (Å²) in [6.07, 6.45) is 6.93. The molecule has 0 fully saturated rings. The number of carbonyl (C=O) groups is 2. The fourth-order valence-corrected chi connectivity index (χ4v) is 3.69. The van der Waals surface area contributed by atoms with Gasteiger partial charge in [0.05, 0.1) is 0 Å². The number of amides is 3. The molecule has 31 heavy (non-hydrogen) atoms. The van der Waals surface area contributed by atoms with Crippen molar-refractivity contribution < 1.29 is 14.8 Å². The van der Waals surface area contributed by atoms with Gasteiger partial charge in [0.25, 0.3) is 5.91 Å². The van der Waals surface area contributed by atoms with Crippen LogP contribution in [-0.2, 0) is 6.42 Å². The normalized spacial score (nSPS) is 12.9. The van der Waals surface area contributed by atoms with Crippen LogP contribution in [0.3, 0.4) is 0 Å². The minimum Gasteiger partial charge on any atom is -0.351 e. The maximum absolute atomic E-state index is 12.1. The van der Waals surface area contributed by atoms with Crippen molar-refractivity contribution in [3.05, 3.63) is 66.1 Å². The van der Waals surface area contributed by atoms with E-state index in [2.05, 4.69) is 9.97 Å². The Bertz CT molecular complexity index is 1130. The second kappa shape index (κ2) is 8.53. The standard InChI is InChI=1S/C23H23N5O3/c1-2-28(31)22(29)16-7-5-15(6-8-16)18-11-19(13-25-12-18)20-10-17-4-3-9-27(23(24)30)21(17)26-14-20/h5-8,10-14,31H,2-4,9H2,1H3,(H2,24,30). The summed E-state index contributed by atoms with van der Waals surface area (Å²) in [6, 6.07) is 10.6. The molecule has 0 unspecified atom stereocenters. The monoisotopic (exact) mass is 417 g/mol. The van der Waals surface area contributed by atoms with Crippen molar-refractivity contribution in [2.75, 3.05) is 18.0 Å². The van der Waals surface area contributed by atoms with Gasteiger partial charge in [0, 0.05) is 53.9 Å². The number of nitrogens with zero attached hydrogens (tertiary/aromatic N) is 4. The van der Waals surface area contributed by atoms with Crippen molar-refractivity contribution >= 4 is 17.8 Å². The molecular weight excluding hydrogens is 394 g/mol. The average Bonchev–Trinajstić information content (AvgIpc) is 2.82. The summed E-state index contributed by atoms with van der Waals surface area (Å²) < 4.78 is 0. The Morgan fingerprint density at radius 1 is 1.06 bits per heavy atom. The number of hydroxylamine groups is 2. The van der Waals surface area contributed by atoms with Crippen LogP contribution in [0, 0.1) is 0 Å². The predicted molar refractivity (Wildman–Crippen MR) is 117 cm³/mol. The summed E-state index contributed by atoms with van der Waals surface area (Å²) in [5.74, 6) is 0.183. The smallest absolute Gasteiger partial charge is 0.320 e. The number of carbonyl (C=O) groups excluding carboxylic acids is 2. The topological polar surface area (TPSA) is 113 Å². The third kappa shape index (κ3) is 4.10. The van der Waals surface area contributed by atoms with Crippen molar-refractivity contribution in [2.24, 2.45) is 5.73 Å². The Kier molecular flexibility index (Phi) is 5.64. The summed E-state index contributed by atoms with van der Waals surface area (Å²) in [4.78, 5) is 34.1. The van der Waals surface area contributed by atoms with Gasteiger partial charge in [-0.05, 0) is 55.2 Å². The van der Waals surface area contributed by atoms with E-state index in [1.807, 2.05) is 24.3 Å². The highest BCUT2D eigenvalue weighted by molar-refractivity contribution is 5.94. The van der Waals surface area contributed by atoms with E-state index in [4.69, 9.17) is 5.73 Å². The number of aryl methyl sites for hydroxylation is 1. The molecule has 158 valence electrons. The van der Waals surface area contributed by atoms with Gasteiger partial charge in [-0.3, -0.25) is 19.9 Å². The Morgan fingerprint density at radius 2 is 1.74 bits per heavy atom. The number of fused-ring (bicyclic) bond motifs is 1. The largest absolute Gasteiger partial charge is 0.351 e. The molecule has 0 saturated heterocycles. The first-order chi connectivity index (χ1) is 15.0. The summed E-state index contributed by atoms with van der Waals surface area (Å²) >= 11 is 0. The number of aromatic nitrogens is 2. The van der Waals surface area contributed by atoms with Gasteiger partial charge in [-0.15, -0.1) is 0 Å². The lowest BCUT2D eigenvalue weighted by Gasteiger charge is -2.26. The Labute approximate surface area is 179 Å². The molecule has 0 spiro atoms. The van der Waals surface area contributed by atoms with E-state index in [9.17, 15) is 14.8 Å². The fraction of sp³-hybridized carbons (Fsp3) is 0.217. The number of anilines is 1. The molecule has 0 atom stereocenters. The zero-order valence-electron chi connectivity index (χ0n) is 17.2. The number of hydrogen-bond donors (Lipinski definition) is 2. The maximum atomic E-state index is 12.1. The SMILES string of the molecule is CCN(O)C(=O)c1ccc(-c2cncc(-c3cnc4c(c3)CCCN4C(N)=O)c2)cc1. The fourth-order valence-electron chi connectivity index (χ4n) is 3.69. The number of nitrogens with two attached hydrogens (primary N) is 1. The van der Waals surface area contributed by atoms with Crippen LogP contribution in [0.15, 0.2) is 55.0 Å². The van der Waals surface area contributed by atoms with Gasteiger partial charge in [-0.1, -0.05) is 12.1 Å². The lowest BCUT2D eigenvalue weighted by atomic mass is 9.99. The van der Waals surface area contributed by atoms with Crippen LogP contribution >= 0.6 is 0 Å². The third-order valence-corrected chi connectivity index (χ3v) is 5.36. The highest BCUT2D eigenvalue weighted by Crippen LogP contribution is 2.31. The number of pyridine rings is 2. The molecular formula is C23H23N5O3. The number of primary amides is 1. The zero-order chi connectivity index (χ0) is 22.0. The number of urea groups is 1. The maximum Gasteiger partial charge on any atom is 0.320 e. The first-order valence-corrected chi connectivity index (χ1v) is 10.1. The van der Waals surface area contributed by atoms with Crippen LogP contribution in [-0.4, -0.2) is 45.3 Å². The first-order valence-electron chi connectivity index (χ1n) is 10.1. The van der Waals surface area contributed by atoms with Gasteiger partial charge in [0.1, 0.15) is 5.82 Å². The van der Waals surface area contributed by atoms with Crippen LogP contribution in [0.2, 0.25) is 0 Å². The molecule has 1 aliphatic rings. The second-order valence-corrected chi connectivity index (χ2v) is 7.36. The summed E-state index contributed by atoms with van der Waals surface area (Å²) in [7, 11) is 0. The third-order valence-electron chi connectivity index (χ3n) is 5.36. The van der Waals surface area contributed by atoms with E-state index < -0.39 is 11.9 Å². The van der Waals surface area contributed by atoms with Crippen molar-refractivity contribution in [1.29, 1.82) is 0 Å². The quantitative estimate of drug-likeness (QED) is 0.498. The molecule has 4 rings (SSSR count). The van der Waals surface area contributed by atoms with E-state index in [1.54, 1.807) is 37.6 Å². The number of hydrogen-bond acceptors (Lipinski definition) is 5. The van der Waals surface area contributed by atoms with Gasteiger partial charge in [0.15, 0.2) is 0 Å².